The van der Waals surface area contributed by atoms with Crippen LogP contribution in [0, 0.1) is 0 Å². The fourth-order valence-electron chi connectivity index (χ4n) is 1.78. The number of ether oxygens (including phenoxy) is 2. The van der Waals surface area contributed by atoms with E-state index in [9.17, 15) is 4.79 Å². The van der Waals surface area contributed by atoms with Crippen LogP contribution in [0.25, 0.3) is 10.6 Å². The monoisotopic (exact) mass is 340 g/mol. The number of nitrogens with zero attached hydrogens (tertiary/aromatic N) is 1. The molecule has 0 radical (unpaired) electrons. The first kappa shape index (κ1) is 16.7. The van der Waals surface area contributed by atoms with E-state index >= 15 is 0 Å². The van der Waals surface area contributed by atoms with E-state index in [0.29, 0.717) is 41.2 Å². The van der Waals surface area contributed by atoms with Crippen LogP contribution in [0.2, 0.25) is 5.02 Å². The predicted molar refractivity (Wildman–Crippen MR) is 87.9 cm³/mol. The summed E-state index contributed by atoms with van der Waals surface area (Å²) in [7, 11) is 1.58. The van der Waals surface area contributed by atoms with Gasteiger partial charge in [-0.3, -0.25) is 4.79 Å². The molecule has 5 nitrogen and oxygen atoms in total. The summed E-state index contributed by atoms with van der Waals surface area (Å²) in [4.78, 5) is 16.2. The molecule has 1 amide bonds. The molecule has 0 saturated heterocycles. The molecule has 2 aromatic rings. The van der Waals surface area contributed by atoms with Gasteiger partial charge in [-0.2, -0.15) is 0 Å². The maximum absolute atomic E-state index is 11.9. The number of methoxy groups -OCH3 is 1. The van der Waals surface area contributed by atoms with E-state index in [-0.39, 0.29) is 5.91 Å². The smallest absolute Gasteiger partial charge is 0.270 e. The number of benzene rings is 1. The van der Waals surface area contributed by atoms with Crippen LogP contribution in [0.4, 0.5) is 0 Å². The van der Waals surface area contributed by atoms with Crippen LogP contribution in [-0.4, -0.2) is 37.8 Å². The lowest BCUT2D eigenvalue weighted by Crippen LogP contribution is -2.27. The lowest BCUT2D eigenvalue weighted by Gasteiger charge is -2.05. The van der Waals surface area contributed by atoms with Gasteiger partial charge in [0.2, 0.25) is 0 Å². The SMILES string of the molecule is CCOc1ccc(-c2nc(C(=O)NCCOC)cs2)c(Cl)c1. The van der Waals surface area contributed by atoms with Crippen LogP contribution in [0.5, 0.6) is 5.75 Å². The van der Waals surface area contributed by atoms with E-state index in [2.05, 4.69) is 10.3 Å². The minimum absolute atomic E-state index is 0.221. The zero-order valence-corrected chi connectivity index (χ0v) is 14.0. The van der Waals surface area contributed by atoms with Crippen LogP contribution >= 0.6 is 22.9 Å². The highest BCUT2D eigenvalue weighted by atomic mass is 35.5. The number of hydrogen-bond donors (Lipinski definition) is 1. The third-order valence-electron chi connectivity index (χ3n) is 2.81. The highest BCUT2D eigenvalue weighted by molar-refractivity contribution is 7.13. The molecule has 1 aromatic carbocycles. The van der Waals surface area contributed by atoms with Gasteiger partial charge in [-0.1, -0.05) is 11.6 Å². The largest absolute Gasteiger partial charge is 0.494 e. The van der Waals surface area contributed by atoms with E-state index in [0.717, 1.165) is 5.56 Å². The van der Waals surface area contributed by atoms with Gasteiger partial charge in [-0.15, -0.1) is 11.3 Å². The van der Waals surface area contributed by atoms with Gasteiger partial charge < -0.3 is 14.8 Å². The molecule has 0 unspecified atom stereocenters. The lowest BCUT2D eigenvalue weighted by atomic mass is 10.2. The third-order valence-corrected chi connectivity index (χ3v) is 4.00. The summed E-state index contributed by atoms with van der Waals surface area (Å²) in [6.45, 7) is 3.41. The quantitative estimate of drug-likeness (QED) is 0.786. The van der Waals surface area contributed by atoms with Crippen LogP contribution in [0.1, 0.15) is 17.4 Å². The van der Waals surface area contributed by atoms with Crippen molar-refractivity contribution in [1.82, 2.24) is 10.3 Å². The zero-order valence-electron chi connectivity index (χ0n) is 12.4. The molecule has 0 aliphatic heterocycles. The Bertz CT molecular complexity index is 645. The molecule has 0 aliphatic carbocycles. The summed E-state index contributed by atoms with van der Waals surface area (Å²) in [5.41, 5.74) is 1.16. The molecule has 22 heavy (non-hydrogen) atoms. The maximum Gasteiger partial charge on any atom is 0.270 e. The van der Waals surface area contributed by atoms with E-state index in [4.69, 9.17) is 21.1 Å². The first-order valence-electron chi connectivity index (χ1n) is 6.81. The summed E-state index contributed by atoms with van der Waals surface area (Å²) < 4.78 is 10.3. The number of amides is 1. The molecule has 0 saturated carbocycles. The Morgan fingerprint density at radius 1 is 1.45 bits per heavy atom. The predicted octanol–water partition coefficient (Wildman–Crippen LogP) is 3.24. The van der Waals surface area contributed by atoms with Gasteiger partial charge in [-0.25, -0.2) is 4.98 Å². The van der Waals surface area contributed by atoms with Crippen molar-refractivity contribution in [2.24, 2.45) is 0 Å². The van der Waals surface area contributed by atoms with Gasteiger partial charge in [0.1, 0.15) is 16.5 Å². The highest BCUT2D eigenvalue weighted by Crippen LogP contribution is 2.33. The molecular weight excluding hydrogens is 324 g/mol. The van der Waals surface area contributed by atoms with Gasteiger partial charge in [0.15, 0.2) is 0 Å². The minimum Gasteiger partial charge on any atom is -0.494 e. The number of aromatic nitrogens is 1. The summed E-state index contributed by atoms with van der Waals surface area (Å²) in [6.07, 6.45) is 0. The molecule has 0 atom stereocenters. The van der Waals surface area contributed by atoms with E-state index in [1.807, 2.05) is 19.1 Å². The van der Waals surface area contributed by atoms with Crippen LogP contribution < -0.4 is 10.1 Å². The van der Waals surface area contributed by atoms with Crippen LogP contribution in [0.15, 0.2) is 23.6 Å². The standard InChI is InChI=1S/C15H17ClN2O3S/c1-3-21-10-4-5-11(12(16)8-10)15-18-13(9-22-15)14(19)17-6-7-20-2/h4-5,8-9H,3,6-7H2,1-2H3,(H,17,19). The van der Waals surface area contributed by atoms with Gasteiger partial charge in [0.05, 0.1) is 18.2 Å². The van der Waals surface area contributed by atoms with Gasteiger partial charge in [0.25, 0.3) is 5.91 Å². The fourth-order valence-corrected chi connectivity index (χ4v) is 2.94. The molecule has 2 rings (SSSR count). The first-order chi connectivity index (χ1) is 10.7. The molecular formula is C15H17ClN2O3S. The normalized spacial score (nSPS) is 10.5. The maximum atomic E-state index is 11.9. The minimum atomic E-state index is -0.221. The Morgan fingerprint density at radius 3 is 2.95 bits per heavy atom. The summed E-state index contributed by atoms with van der Waals surface area (Å²) in [6, 6.07) is 5.43. The second kappa shape index (κ2) is 8.12. The molecule has 1 heterocycles. The van der Waals surface area contributed by atoms with Crippen molar-refractivity contribution >= 4 is 28.8 Å². The van der Waals surface area contributed by atoms with Crippen molar-refractivity contribution in [2.45, 2.75) is 6.92 Å². The van der Waals surface area contributed by atoms with Gasteiger partial charge in [0, 0.05) is 24.6 Å². The van der Waals surface area contributed by atoms with Crippen molar-refractivity contribution < 1.29 is 14.3 Å². The topological polar surface area (TPSA) is 60.5 Å². The van der Waals surface area contributed by atoms with Crippen LogP contribution in [0.3, 0.4) is 0 Å². The van der Waals surface area contributed by atoms with E-state index < -0.39 is 0 Å². The average molecular weight is 341 g/mol. The molecule has 0 spiro atoms. The molecule has 0 bridgehead atoms. The molecule has 1 N–H and O–H groups in total. The second-order valence-electron chi connectivity index (χ2n) is 4.36. The lowest BCUT2D eigenvalue weighted by molar-refractivity contribution is 0.0933. The first-order valence-corrected chi connectivity index (χ1v) is 8.06. The molecule has 0 aliphatic rings. The molecule has 118 valence electrons. The number of nitrogens with one attached hydrogen (secondary N) is 1. The Balaban J connectivity index is 2.12. The Labute approximate surface area is 138 Å². The van der Waals surface area contributed by atoms with Crippen molar-refractivity contribution in [1.29, 1.82) is 0 Å². The number of rotatable bonds is 7. The number of hydrogen-bond acceptors (Lipinski definition) is 5. The van der Waals surface area contributed by atoms with Crippen molar-refractivity contribution in [2.75, 3.05) is 26.9 Å². The Morgan fingerprint density at radius 2 is 2.27 bits per heavy atom. The summed E-state index contributed by atoms with van der Waals surface area (Å²) >= 11 is 7.64. The zero-order chi connectivity index (χ0) is 15.9. The third kappa shape index (κ3) is 4.19. The summed E-state index contributed by atoms with van der Waals surface area (Å²) in [5, 5.41) is 5.69. The second-order valence-corrected chi connectivity index (χ2v) is 5.63. The summed E-state index contributed by atoms with van der Waals surface area (Å²) in [5.74, 6) is 0.493. The molecule has 0 fully saturated rings. The number of thiazole rings is 1. The Hall–Kier alpha value is -1.63. The van der Waals surface area contributed by atoms with Crippen molar-refractivity contribution in [3.05, 3.63) is 34.3 Å². The fraction of sp³-hybridized carbons (Fsp3) is 0.333. The van der Waals surface area contributed by atoms with E-state index in [1.54, 1.807) is 18.6 Å². The van der Waals surface area contributed by atoms with Gasteiger partial charge >= 0.3 is 0 Å². The van der Waals surface area contributed by atoms with Crippen molar-refractivity contribution in [3.8, 4) is 16.3 Å². The van der Waals surface area contributed by atoms with Crippen LogP contribution in [-0.2, 0) is 4.74 Å². The van der Waals surface area contributed by atoms with E-state index in [1.165, 1.54) is 11.3 Å². The average Bonchev–Trinajstić information content (AvgIpc) is 2.97. The number of carbonyl (C=O) groups is 1. The number of carbonyl (C=O) groups excluding carboxylic acids is 1. The highest BCUT2D eigenvalue weighted by Gasteiger charge is 2.13. The molecule has 7 heteroatoms. The molecule has 1 aromatic heterocycles. The Kier molecular flexibility index (Phi) is 6.18. The van der Waals surface area contributed by atoms with Gasteiger partial charge in [-0.05, 0) is 25.1 Å². The van der Waals surface area contributed by atoms with Crippen molar-refractivity contribution in [3.63, 3.8) is 0 Å². The number of halogens is 1.